The van der Waals surface area contributed by atoms with Gasteiger partial charge in [-0.2, -0.15) is 0 Å². The van der Waals surface area contributed by atoms with E-state index >= 15 is 0 Å². The molecule has 19 atom stereocenters. The van der Waals surface area contributed by atoms with Crippen LogP contribution < -0.4 is 0 Å². The fraction of sp³-hybridized carbons (Fsp3) is 0.860. The van der Waals surface area contributed by atoms with E-state index in [4.69, 9.17) is 18.9 Å². The summed E-state index contributed by atoms with van der Waals surface area (Å²) in [6, 6.07) is 0. The lowest BCUT2D eigenvalue weighted by Gasteiger charge is -2.70. The third-order valence-electron chi connectivity index (χ3n) is 17.4. The van der Waals surface area contributed by atoms with Crippen LogP contribution in [0.15, 0.2) is 11.6 Å². The van der Waals surface area contributed by atoms with Crippen molar-refractivity contribution in [2.45, 2.75) is 181 Å². The first-order valence-electron chi connectivity index (χ1n) is 21.0. The van der Waals surface area contributed by atoms with Crippen LogP contribution in [-0.2, 0) is 38.1 Å². The third kappa shape index (κ3) is 6.30. The molecule has 7 rings (SSSR count). The highest BCUT2D eigenvalue weighted by Crippen LogP contribution is 2.75. The zero-order valence-electron chi connectivity index (χ0n) is 34.9. The Hall–Kier alpha value is -2.34. The van der Waals surface area contributed by atoms with Crippen LogP contribution in [-0.4, -0.2) is 127 Å². The summed E-state index contributed by atoms with van der Waals surface area (Å²) in [5.74, 6) is -3.35. The van der Waals surface area contributed by atoms with E-state index in [2.05, 4.69) is 27.7 Å². The number of aliphatic carboxylic acids is 2. The first kappa shape index (κ1) is 43.7. The molecular weight excluding hydrogens is 756 g/mol. The summed E-state index contributed by atoms with van der Waals surface area (Å²) in [6.07, 6.45) is -10.6. The topological polar surface area (TPSA) is 247 Å². The van der Waals surface area contributed by atoms with Gasteiger partial charge in [0.05, 0.1) is 11.5 Å². The number of ketones is 2. The second-order valence-corrected chi connectivity index (χ2v) is 20.9. The molecule has 15 heteroatoms. The molecule has 4 saturated carbocycles. The van der Waals surface area contributed by atoms with Crippen LogP contribution in [0.4, 0.5) is 0 Å². The Morgan fingerprint density at radius 3 is 1.97 bits per heavy atom. The molecule has 0 aromatic carbocycles. The van der Waals surface area contributed by atoms with Gasteiger partial charge in [0, 0.05) is 5.92 Å². The van der Waals surface area contributed by atoms with Gasteiger partial charge < -0.3 is 54.7 Å². The third-order valence-corrected chi connectivity index (χ3v) is 17.4. The number of rotatable bonds is 7. The van der Waals surface area contributed by atoms with Gasteiger partial charge in [-0.3, -0.25) is 14.4 Å². The van der Waals surface area contributed by atoms with Crippen LogP contribution in [0, 0.1) is 50.2 Å². The SMILES string of the molecule is CC(=O)[C@@H]1O[C@H](O[C@H]2[C@@H](O[C@H]3CC[C@]4(C)[C@H]5C(=O)C=C6[C@@H]7C[C@@](C)(C(=O)O)CC[C@]7(C)CC[C@@]6(C)[C@]5(C)CC[C@H]4C3(C)C)O[C@H](C(=O)O)[C@@H](O)[C@@H]2O)[C@@H](O)[C@H](O)[C@H]1O. The van der Waals surface area contributed by atoms with E-state index in [0.717, 1.165) is 44.6 Å². The van der Waals surface area contributed by atoms with Gasteiger partial charge in [0.2, 0.25) is 0 Å². The normalized spacial score (nSPS) is 52.6. The van der Waals surface area contributed by atoms with Gasteiger partial charge in [-0.15, -0.1) is 0 Å². The van der Waals surface area contributed by atoms with Gasteiger partial charge in [0.15, 0.2) is 30.3 Å². The van der Waals surface area contributed by atoms with Crippen LogP contribution in [0.3, 0.4) is 0 Å². The average molecular weight is 821 g/mol. The lowest BCUT2D eigenvalue weighted by molar-refractivity contribution is -0.370. The Morgan fingerprint density at radius 1 is 0.724 bits per heavy atom. The maximum atomic E-state index is 14.9. The first-order valence-corrected chi connectivity index (χ1v) is 21.0. The molecule has 326 valence electrons. The van der Waals surface area contributed by atoms with Crippen LogP contribution >= 0.6 is 0 Å². The highest BCUT2D eigenvalue weighted by Gasteiger charge is 2.71. The zero-order chi connectivity index (χ0) is 42.9. The highest BCUT2D eigenvalue weighted by atomic mass is 16.8. The molecule has 0 amide bonds. The number of ether oxygens (including phenoxy) is 4. The van der Waals surface area contributed by atoms with Gasteiger partial charge in [-0.1, -0.05) is 47.1 Å². The van der Waals surface area contributed by atoms with E-state index < -0.39 is 107 Å². The van der Waals surface area contributed by atoms with E-state index in [0.29, 0.717) is 25.7 Å². The number of hydrogen-bond acceptors (Lipinski definition) is 13. The van der Waals surface area contributed by atoms with Crippen molar-refractivity contribution in [2.24, 2.45) is 50.2 Å². The molecule has 0 aromatic heterocycles. The molecule has 0 spiro atoms. The lowest BCUT2D eigenvalue weighted by Crippen LogP contribution is -2.68. The van der Waals surface area contributed by atoms with Crippen molar-refractivity contribution in [2.75, 3.05) is 0 Å². The van der Waals surface area contributed by atoms with Crippen molar-refractivity contribution in [1.82, 2.24) is 0 Å². The summed E-state index contributed by atoms with van der Waals surface area (Å²) in [7, 11) is 0. The summed E-state index contributed by atoms with van der Waals surface area (Å²) in [5, 5.41) is 73.9. The number of hydrogen-bond donors (Lipinski definition) is 7. The molecule has 0 bridgehead atoms. The van der Waals surface area contributed by atoms with Crippen LogP contribution in [0.1, 0.15) is 113 Å². The van der Waals surface area contributed by atoms with Gasteiger partial charge in [0.1, 0.15) is 42.7 Å². The predicted octanol–water partition coefficient (Wildman–Crippen LogP) is 2.75. The second-order valence-electron chi connectivity index (χ2n) is 20.9. The molecule has 7 N–H and O–H groups in total. The Balaban J connectivity index is 1.17. The van der Waals surface area contributed by atoms with Crippen LogP contribution in [0.2, 0.25) is 0 Å². The Morgan fingerprint density at radius 2 is 1.34 bits per heavy atom. The van der Waals surface area contributed by atoms with Crippen molar-refractivity contribution in [3.63, 3.8) is 0 Å². The average Bonchev–Trinajstić information content (AvgIpc) is 3.13. The number of allylic oxidation sites excluding steroid dienone is 2. The number of carboxylic acids is 2. The van der Waals surface area contributed by atoms with Crippen molar-refractivity contribution in [3.05, 3.63) is 11.6 Å². The first-order chi connectivity index (χ1) is 26.8. The number of carbonyl (C=O) groups excluding carboxylic acids is 2. The molecule has 2 aliphatic heterocycles. The van der Waals surface area contributed by atoms with E-state index in [9.17, 15) is 54.9 Å². The lowest BCUT2D eigenvalue weighted by atomic mass is 9.33. The quantitative estimate of drug-likeness (QED) is 0.183. The van der Waals surface area contributed by atoms with Crippen LogP contribution in [0.25, 0.3) is 0 Å². The molecule has 7 aliphatic rings. The molecule has 2 heterocycles. The molecule has 0 aromatic rings. The van der Waals surface area contributed by atoms with Gasteiger partial charge >= 0.3 is 11.9 Å². The summed E-state index contributed by atoms with van der Waals surface area (Å²) in [6.45, 7) is 16.1. The number of fused-ring (bicyclic) bond motifs is 7. The minimum Gasteiger partial charge on any atom is -0.481 e. The molecule has 5 aliphatic carbocycles. The van der Waals surface area contributed by atoms with E-state index in [1.807, 2.05) is 26.8 Å². The Kier molecular flexibility index (Phi) is 10.8. The number of aliphatic hydroxyl groups is 5. The van der Waals surface area contributed by atoms with Crippen molar-refractivity contribution < 1.29 is 73.9 Å². The van der Waals surface area contributed by atoms with Crippen LogP contribution in [0.5, 0.6) is 0 Å². The summed E-state index contributed by atoms with van der Waals surface area (Å²) < 4.78 is 23.8. The number of Topliss-reactive ketones (excluding diaryl/α,β-unsaturated/α-hetero) is 1. The standard InChI is InChI=1S/C43H64O15/c1-19(44)30-26(47)25(46)29(50)35(56-30)58-32-28(49)27(48)31(34(51)52)57-36(32)55-24-10-11-41(6)23(38(24,2)3)9-12-43(8)33(41)22(45)17-20-21-18-40(5,37(53)54)14-13-39(21,4)15-16-42(20,43)7/h17,21,23-33,35-36,46-50H,9-16,18H2,1-8H3,(H,51,52)(H,53,54)/t21-,23-,24-,25+,26+,27-,28-,29-,30-,31-,32+,33+,35+,36-,39+,40-,41-,42+,43+/m0/s1. The predicted molar refractivity (Wildman–Crippen MR) is 202 cm³/mol. The molecule has 58 heavy (non-hydrogen) atoms. The van der Waals surface area contributed by atoms with E-state index in [-0.39, 0.29) is 34.4 Å². The minimum atomic E-state index is -2.00. The Labute approximate surface area is 339 Å². The maximum absolute atomic E-state index is 14.9. The molecule has 15 nitrogen and oxygen atoms in total. The minimum absolute atomic E-state index is 0.00936. The number of carboxylic acid groups (broad SMARTS) is 2. The second kappa shape index (κ2) is 14.4. The van der Waals surface area contributed by atoms with Gasteiger partial charge in [0.25, 0.3) is 0 Å². The Bertz CT molecular complexity index is 1730. The van der Waals surface area contributed by atoms with Gasteiger partial charge in [-0.05, 0) is 117 Å². The number of aliphatic hydroxyl groups excluding tert-OH is 5. The van der Waals surface area contributed by atoms with Crippen molar-refractivity contribution in [1.29, 1.82) is 0 Å². The monoisotopic (exact) mass is 820 g/mol. The fourth-order valence-corrected chi connectivity index (χ4v) is 13.5. The fourth-order valence-electron chi connectivity index (χ4n) is 13.5. The zero-order valence-corrected chi connectivity index (χ0v) is 34.9. The largest absolute Gasteiger partial charge is 0.481 e. The summed E-state index contributed by atoms with van der Waals surface area (Å²) >= 11 is 0. The smallest absolute Gasteiger partial charge is 0.335 e. The van der Waals surface area contributed by atoms with Gasteiger partial charge in [-0.25, -0.2) is 4.79 Å². The van der Waals surface area contributed by atoms with Crippen molar-refractivity contribution in [3.8, 4) is 0 Å². The molecule has 6 fully saturated rings. The van der Waals surface area contributed by atoms with E-state index in [1.165, 1.54) is 0 Å². The maximum Gasteiger partial charge on any atom is 0.335 e. The summed E-state index contributed by atoms with van der Waals surface area (Å²) in [5.41, 5.74) is -1.68. The molecule has 0 radical (unpaired) electrons. The molecule has 0 unspecified atom stereocenters. The van der Waals surface area contributed by atoms with Crippen molar-refractivity contribution >= 4 is 23.5 Å². The number of carbonyl (C=O) groups is 4. The van der Waals surface area contributed by atoms with E-state index in [1.54, 1.807) is 0 Å². The molecular formula is C43H64O15. The summed E-state index contributed by atoms with van der Waals surface area (Å²) in [4.78, 5) is 51.8. The molecule has 2 saturated heterocycles. The highest BCUT2D eigenvalue weighted by molar-refractivity contribution is 5.95.